The van der Waals surface area contributed by atoms with Crippen LogP contribution in [0.15, 0.2) is 69.9 Å². The third-order valence-corrected chi connectivity index (χ3v) is 5.44. The summed E-state index contributed by atoms with van der Waals surface area (Å²) in [6.45, 7) is 0. The molecule has 0 radical (unpaired) electrons. The van der Waals surface area contributed by atoms with Crippen molar-refractivity contribution in [3.05, 3.63) is 82.2 Å². The zero-order chi connectivity index (χ0) is 18.6. The number of carbonyl (C=O) groups excluding carboxylic acids is 1. The fraction of sp³-hybridized carbons (Fsp3) is 0.304. The number of hydrogen-bond donors (Lipinski definition) is 1. The predicted molar refractivity (Wildman–Crippen MR) is 106 cm³/mol. The monoisotopic (exact) mass is 361 g/mol. The number of amides is 1. The molecule has 0 bridgehead atoms. The van der Waals surface area contributed by atoms with Gasteiger partial charge in [-0.25, -0.2) is 0 Å². The van der Waals surface area contributed by atoms with Crippen LogP contribution in [0.25, 0.3) is 11.0 Å². The Morgan fingerprint density at radius 2 is 1.74 bits per heavy atom. The van der Waals surface area contributed by atoms with Crippen LogP contribution in [0.5, 0.6) is 0 Å². The largest absolute Gasteiger partial charge is 0.451 e. The van der Waals surface area contributed by atoms with E-state index in [1.54, 1.807) is 24.3 Å². The van der Waals surface area contributed by atoms with E-state index in [0.717, 1.165) is 19.3 Å². The fourth-order valence-electron chi connectivity index (χ4n) is 4.02. The van der Waals surface area contributed by atoms with Crippen molar-refractivity contribution in [1.29, 1.82) is 0 Å². The van der Waals surface area contributed by atoms with Gasteiger partial charge in [0.15, 0.2) is 11.2 Å². The summed E-state index contributed by atoms with van der Waals surface area (Å²) in [6, 6.07) is 18.6. The van der Waals surface area contributed by atoms with E-state index >= 15 is 0 Å². The first-order valence-electron chi connectivity index (χ1n) is 9.58. The molecule has 1 aliphatic rings. The molecule has 1 heterocycles. The predicted octanol–water partition coefficient (Wildman–Crippen LogP) is 4.32. The van der Waals surface area contributed by atoms with Crippen molar-refractivity contribution in [2.75, 3.05) is 0 Å². The summed E-state index contributed by atoms with van der Waals surface area (Å²) in [4.78, 5) is 25.2. The Bertz CT molecular complexity index is 987. The lowest BCUT2D eigenvalue weighted by Crippen LogP contribution is -2.41. The highest BCUT2D eigenvalue weighted by molar-refractivity contribution is 5.93. The molecule has 1 saturated carbocycles. The third-order valence-electron chi connectivity index (χ3n) is 5.44. The molecule has 0 saturated heterocycles. The molecule has 1 unspecified atom stereocenters. The van der Waals surface area contributed by atoms with Gasteiger partial charge in [-0.05, 0) is 42.9 Å². The Balaban J connectivity index is 1.58. The lowest BCUT2D eigenvalue weighted by molar-refractivity contribution is 0.0894. The van der Waals surface area contributed by atoms with Crippen LogP contribution in [0.1, 0.15) is 41.8 Å². The Hall–Kier alpha value is -2.88. The summed E-state index contributed by atoms with van der Waals surface area (Å²) in [6.07, 6.45) is 5.45. The second kappa shape index (κ2) is 7.78. The fourth-order valence-corrected chi connectivity index (χ4v) is 4.02. The summed E-state index contributed by atoms with van der Waals surface area (Å²) in [5, 5.41) is 3.64. The first-order chi connectivity index (χ1) is 13.2. The molecule has 0 aliphatic heterocycles. The second-order valence-corrected chi connectivity index (χ2v) is 7.29. The van der Waals surface area contributed by atoms with Gasteiger partial charge in [0.05, 0.1) is 5.39 Å². The molecule has 1 aliphatic carbocycles. The molecular weight excluding hydrogens is 338 g/mol. The number of carbonyl (C=O) groups is 1. The molecule has 1 amide bonds. The van der Waals surface area contributed by atoms with Crippen molar-refractivity contribution < 1.29 is 9.21 Å². The number of benzene rings is 2. The zero-order valence-corrected chi connectivity index (χ0v) is 15.2. The minimum atomic E-state index is -0.314. The highest BCUT2D eigenvalue weighted by Gasteiger charge is 2.27. The van der Waals surface area contributed by atoms with Gasteiger partial charge in [-0.15, -0.1) is 0 Å². The van der Waals surface area contributed by atoms with Crippen molar-refractivity contribution in [3.8, 4) is 0 Å². The second-order valence-electron chi connectivity index (χ2n) is 7.29. The first kappa shape index (κ1) is 17.5. The van der Waals surface area contributed by atoms with Crippen LogP contribution < -0.4 is 10.7 Å². The van der Waals surface area contributed by atoms with Crippen LogP contribution >= 0.6 is 0 Å². The van der Waals surface area contributed by atoms with E-state index in [2.05, 4.69) is 17.4 Å². The van der Waals surface area contributed by atoms with E-state index in [1.165, 1.54) is 24.5 Å². The standard InChI is InChI=1S/C23H23NO3/c25-20-15-22(27-21-13-7-6-12-18(20)21)23(26)24-19(17-10-4-5-11-17)14-16-8-2-1-3-9-16/h1-3,6-9,12-13,15,17,19H,4-5,10-11,14H2,(H,24,26). The quantitative estimate of drug-likeness (QED) is 0.736. The molecule has 4 nitrogen and oxygen atoms in total. The highest BCUT2D eigenvalue weighted by atomic mass is 16.3. The molecule has 27 heavy (non-hydrogen) atoms. The van der Waals surface area contributed by atoms with E-state index < -0.39 is 0 Å². The minimum absolute atomic E-state index is 0.0409. The topological polar surface area (TPSA) is 59.3 Å². The highest BCUT2D eigenvalue weighted by Crippen LogP contribution is 2.29. The average molecular weight is 361 g/mol. The van der Waals surface area contributed by atoms with E-state index in [-0.39, 0.29) is 23.1 Å². The Labute approximate surface area is 158 Å². The van der Waals surface area contributed by atoms with Crippen LogP contribution in [0.2, 0.25) is 0 Å². The van der Waals surface area contributed by atoms with Crippen LogP contribution in [0.4, 0.5) is 0 Å². The minimum Gasteiger partial charge on any atom is -0.451 e. The van der Waals surface area contributed by atoms with Crippen LogP contribution in [0, 0.1) is 5.92 Å². The summed E-state index contributed by atoms with van der Waals surface area (Å²) in [7, 11) is 0. The van der Waals surface area contributed by atoms with Crippen LogP contribution in [-0.2, 0) is 6.42 Å². The maximum atomic E-state index is 12.9. The lowest BCUT2D eigenvalue weighted by atomic mass is 9.92. The molecule has 4 rings (SSSR count). The van der Waals surface area contributed by atoms with Gasteiger partial charge in [-0.2, -0.15) is 0 Å². The Morgan fingerprint density at radius 3 is 2.52 bits per heavy atom. The van der Waals surface area contributed by atoms with E-state index in [9.17, 15) is 9.59 Å². The number of rotatable bonds is 5. The van der Waals surface area contributed by atoms with Gasteiger partial charge >= 0.3 is 0 Å². The Kier molecular flexibility index (Phi) is 5.05. The van der Waals surface area contributed by atoms with Crippen molar-refractivity contribution in [1.82, 2.24) is 5.32 Å². The molecular formula is C23H23NO3. The number of hydrogen-bond acceptors (Lipinski definition) is 3. The summed E-state index contributed by atoms with van der Waals surface area (Å²) in [5.41, 5.74) is 1.45. The van der Waals surface area contributed by atoms with Gasteiger partial charge in [0.25, 0.3) is 5.91 Å². The van der Waals surface area contributed by atoms with E-state index in [1.807, 2.05) is 18.2 Å². The third kappa shape index (κ3) is 3.95. The number of para-hydroxylation sites is 1. The van der Waals surface area contributed by atoms with Gasteiger partial charge < -0.3 is 9.73 Å². The molecule has 1 aromatic heterocycles. The van der Waals surface area contributed by atoms with Crippen molar-refractivity contribution >= 4 is 16.9 Å². The van der Waals surface area contributed by atoms with Crippen LogP contribution in [-0.4, -0.2) is 11.9 Å². The van der Waals surface area contributed by atoms with E-state index in [4.69, 9.17) is 4.42 Å². The molecule has 138 valence electrons. The van der Waals surface area contributed by atoms with Gasteiger partial charge in [0, 0.05) is 12.1 Å². The molecule has 1 N–H and O–H groups in total. The zero-order valence-electron chi connectivity index (χ0n) is 15.2. The maximum Gasteiger partial charge on any atom is 0.287 e. The summed E-state index contributed by atoms with van der Waals surface area (Å²) < 4.78 is 5.71. The van der Waals surface area contributed by atoms with Crippen molar-refractivity contribution in [3.63, 3.8) is 0 Å². The number of fused-ring (bicyclic) bond motifs is 1. The molecule has 1 fully saturated rings. The first-order valence-corrected chi connectivity index (χ1v) is 9.58. The van der Waals surface area contributed by atoms with Crippen molar-refractivity contribution in [2.24, 2.45) is 5.92 Å². The molecule has 1 atom stereocenters. The average Bonchev–Trinajstić information content (AvgIpc) is 3.23. The van der Waals surface area contributed by atoms with Crippen molar-refractivity contribution in [2.45, 2.75) is 38.1 Å². The molecule has 4 heteroatoms. The smallest absolute Gasteiger partial charge is 0.287 e. The Morgan fingerprint density at radius 1 is 1.04 bits per heavy atom. The molecule has 3 aromatic rings. The number of nitrogens with one attached hydrogen (secondary N) is 1. The normalized spacial score (nSPS) is 15.7. The summed E-state index contributed by atoms with van der Waals surface area (Å²) in [5.74, 6) is 0.224. The van der Waals surface area contributed by atoms with Gasteiger partial charge in [-0.1, -0.05) is 55.3 Å². The molecule has 0 spiro atoms. The molecule has 2 aromatic carbocycles. The van der Waals surface area contributed by atoms with Crippen LogP contribution in [0.3, 0.4) is 0 Å². The van der Waals surface area contributed by atoms with Gasteiger partial charge in [0.2, 0.25) is 0 Å². The SMILES string of the molecule is O=C(NC(Cc1ccccc1)C1CCCC1)c1cc(=O)c2ccccc2o1. The maximum absolute atomic E-state index is 12.9. The van der Waals surface area contributed by atoms with E-state index in [0.29, 0.717) is 16.9 Å². The van der Waals surface area contributed by atoms with Gasteiger partial charge in [0.1, 0.15) is 5.58 Å². The van der Waals surface area contributed by atoms with Gasteiger partial charge in [-0.3, -0.25) is 9.59 Å². The summed E-state index contributed by atoms with van der Waals surface area (Å²) >= 11 is 0. The lowest BCUT2D eigenvalue weighted by Gasteiger charge is -2.24.